The first-order valence-electron chi connectivity index (χ1n) is 9.01. The van der Waals surface area contributed by atoms with Crippen molar-refractivity contribution >= 4 is 27.5 Å². The summed E-state index contributed by atoms with van der Waals surface area (Å²) in [5.41, 5.74) is 2.70. The van der Waals surface area contributed by atoms with Crippen LogP contribution in [0.25, 0.3) is 10.2 Å². The summed E-state index contributed by atoms with van der Waals surface area (Å²) in [4.78, 5) is 19.1. The van der Waals surface area contributed by atoms with Crippen molar-refractivity contribution < 1.29 is 9.90 Å². The summed E-state index contributed by atoms with van der Waals surface area (Å²) < 4.78 is 3.07. The van der Waals surface area contributed by atoms with Gasteiger partial charge < -0.3 is 10.0 Å². The van der Waals surface area contributed by atoms with Crippen LogP contribution in [0.4, 0.5) is 0 Å². The molecule has 3 aromatic rings. The molecular weight excluding hydrogens is 348 g/mol. The van der Waals surface area contributed by atoms with E-state index in [9.17, 15) is 9.90 Å². The number of aryl methyl sites for hydroxylation is 1. The second-order valence-electron chi connectivity index (χ2n) is 6.60. The van der Waals surface area contributed by atoms with Gasteiger partial charge in [-0.3, -0.25) is 9.48 Å². The number of para-hydroxylation sites is 1. The first-order chi connectivity index (χ1) is 12.6. The van der Waals surface area contributed by atoms with E-state index in [-0.39, 0.29) is 5.91 Å². The predicted octanol–water partition coefficient (Wildman–Crippen LogP) is 2.91. The number of hydrogen-bond acceptors (Lipinski definition) is 5. The quantitative estimate of drug-likeness (QED) is 0.750. The fourth-order valence-corrected chi connectivity index (χ4v) is 4.24. The average Bonchev–Trinajstić information content (AvgIpc) is 3.28. The number of hydrogen-bond donors (Lipinski definition) is 1. The van der Waals surface area contributed by atoms with Crippen molar-refractivity contribution in [2.45, 2.75) is 45.4 Å². The van der Waals surface area contributed by atoms with Crippen LogP contribution < -0.4 is 0 Å². The van der Waals surface area contributed by atoms with Crippen molar-refractivity contribution in [3.05, 3.63) is 46.7 Å². The van der Waals surface area contributed by atoms with Crippen LogP contribution in [0, 0.1) is 0 Å². The molecule has 0 fully saturated rings. The number of aromatic nitrogens is 3. The molecule has 3 heterocycles. The van der Waals surface area contributed by atoms with Crippen molar-refractivity contribution in [3.8, 4) is 0 Å². The van der Waals surface area contributed by atoms with E-state index in [1.54, 1.807) is 11.3 Å². The van der Waals surface area contributed by atoms with Gasteiger partial charge in [-0.25, -0.2) is 4.98 Å². The van der Waals surface area contributed by atoms with Crippen LogP contribution in [0.3, 0.4) is 0 Å². The van der Waals surface area contributed by atoms with Gasteiger partial charge in [-0.05, 0) is 24.6 Å². The average molecular weight is 370 g/mol. The fraction of sp³-hybridized carbons (Fsp3) is 0.421. The highest BCUT2D eigenvalue weighted by molar-refractivity contribution is 7.18. The first-order valence-corrected chi connectivity index (χ1v) is 9.82. The highest BCUT2D eigenvalue weighted by Gasteiger charge is 2.23. The van der Waals surface area contributed by atoms with Gasteiger partial charge in [0.25, 0.3) is 0 Å². The number of amides is 1. The predicted molar refractivity (Wildman–Crippen MR) is 101 cm³/mol. The van der Waals surface area contributed by atoms with Gasteiger partial charge in [0.05, 0.1) is 45.8 Å². The molecule has 6 nitrogen and oxygen atoms in total. The summed E-state index contributed by atoms with van der Waals surface area (Å²) in [7, 11) is 0. The number of carbonyl (C=O) groups is 1. The Bertz CT molecular complexity index is 900. The van der Waals surface area contributed by atoms with E-state index >= 15 is 0 Å². The minimum atomic E-state index is -0.531. The molecule has 1 aromatic carbocycles. The number of aliphatic hydroxyl groups is 1. The van der Waals surface area contributed by atoms with Gasteiger partial charge in [0.2, 0.25) is 5.91 Å². The van der Waals surface area contributed by atoms with Gasteiger partial charge >= 0.3 is 0 Å². The van der Waals surface area contributed by atoms with Crippen LogP contribution in [0.15, 0.2) is 30.3 Å². The second-order valence-corrected chi connectivity index (χ2v) is 7.71. The van der Waals surface area contributed by atoms with Gasteiger partial charge in [-0.2, -0.15) is 5.10 Å². The maximum atomic E-state index is 12.6. The molecule has 0 saturated heterocycles. The molecule has 0 aliphatic carbocycles. The monoisotopic (exact) mass is 370 g/mol. The molecule has 1 amide bonds. The number of nitrogens with zero attached hydrogens (tertiary/aromatic N) is 4. The summed E-state index contributed by atoms with van der Waals surface area (Å²) in [5.74, 6) is 0.147. The molecule has 2 aromatic heterocycles. The number of benzene rings is 1. The van der Waals surface area contributed by atoms with Crippen LogP contribution in [-0.2, 0) is 24.3 Å². The van der Waals surface area contributed by atoms with Crippen molar-refractivity contribution in [2.75, 3.05) is 6.54 Å². The van der Waals surface area contributed by atoms with Crippen LogP contribution in [0.2, 0.25) is 0 Å². The maximum absolute atomic E-state index is 12.6. The van der Waals surface area contributed by atoms with Gasteiger partial charge in [-0.1, -0.05) is 19.1 Å². The molecule has 0 saturated carbocycles. The van der Waals surface area contributed by atoms with Crippen molar-refractivity contribution in [2.24, 2.45) is 0 Å². The molecule has 0 spiro atoms. The molecule has 26 heavy (non-hydrogen) atoms. The van der Waals surface area contributed by atoms with Crippen molar-refractivity contribution in [1.29, 1.82) is 0 Å². The van der Waals surface area contributed by atoms with E-state index in [1.807, 2.05) is 40.8 Å². The molecule has 136 valence electrons. The Kier molecular flexibility index (Phi) is 4.74. The van der Waals surface area contributed by atoms with E-state index < -0.39 is 6.10 Å². The molecule has 1 atom stereocenters. The largest absolute Gasteiger partial charge is 0.387 e. The molecule has 0 bridgehead atoms. The third kappa shape index (κ3) is 3.37. The van der Waals surface area contributed by atoms with Crippen LogP contribution in [-0.4, -0.2) is 37.2 Å². The lowest BCUT2D eigenvalue weighted by atomic mass is 10.2. The van der Waals surface area contributed by atoms with E-state index in [1.165, 1.54) is 4.70 Å². The number of carbonyl (C=O) groups excluding carboxylic acids is 1. The van der Waals surface area contributed by atoms with Crippen LogP contribution >= 0.6 is 11.3 Å². The van der Waals surface area contributed by atoms with E-state index in [2.05, 4.69) is 16.1 Å². The Morgan fingerprint density at radius 2 is 2.19 bits per heavy atom. The Morgan fingerprint density at radius 3 is 3.00 bits per heavy atom. The molecule has 4 rings (SSSR count). The molecule has 1 aliphatic rings. The van der Waals surface area contributed by atoms with E-state index in [0.717, 1.165) is 16.2 Å². The molecule has 7 heteroatoms. The number of rotatable bonds is 5. The fourth-order valence-electron chi connectivity index (χ4n) is 3.27. The highest BCUT2D eigenvalue weighted by Crippen LogP contribution is 2.24. The summed E-state index contributed by atoms with van der Waals surface area (Å²) in [6.45, 7) is 3.83. The van der Waals surface area contributed by atoms with Gasteiger partial charge in [0.15, 0.2) is 0 Å². The number of aliphatic hydroxyl groups excluding tert-OH is 1. The lowest BCUT2D eigenvalue weighted by Gasteiger charge is -2.27. The first kappa shape index (κ1) is 17.2. The normalized spacial score (nSPS) is 15.2. The van der Waals surface area contributed by atoms with Crippen molar-refractivity contribution in [3.63, 3.8) is 0 Å². The zero-order valence-corrected chi connectivity index (χ0v) is 15.6. The lowest BCUT2D eigenvalue weighted by Crippen LogP contribution is -2.38. The smallest absolute Gasteiger partial charge is 0.223 e. The molecular formula is C19H22N4O2S. The summed E-state index contributed by atoms with van der Waals surface area (Å²) in [5, 5.41) is 15.4. The van der Waals surface area contributed by atoms with Gasteiger partial charge in [-0.15, -0.1) is 11.3 Å². The minimum Gasteiger partial charge on any atom is -0.387 e. The SMILES string of the molecule is CC[C@H](O)c1cc2n(n1)CCN(C(=O)CCc1nc3ccccc3s1)C2. The Morgan fingerprint density at radius 1 is 1.35 bits per heavy atom. The molecule has 0 radical (unpaired) electrons. The third-order valence-electron chi connectivity index (χ3n) is 4.79. The van der Waals surface area contributed by atoms with E-state index in [4.69, 9.17) is 0 Å². The highest BCUT2D eigenvalue weighted by atomic mass is 32.1. The van der Waals surface area contributed by atoms with E-state index in [0.29, 0.717) is 44.6 Å². The van der Waals surface area contributed by atoms with Crippen LogP contribution in [0.1, 0.15) is 42.3 Å². The summed E-state index contributed by atoms with van der Waals surface area (Å²) in [6, 6.07) is 9.98. The number of thiazole rings is 1. The zero-order valence-electron chi connectivity index (χ0n) is 14.8. The molecule has 0 unspecified atom stereocenters. The van der Waals surface area contributed by atoms with Gasteiger partial charge in [0.1, 0.15) is 0 Å². The minimum absolute atomic E-state index is 0.147. The number of fused-ring (bicyclic) bond motifs is 2. The van der Waals surface area contributed by atoms with Gasteiger partial charge in [0, 0.05) is 19.4 Å². The third-order valence-corrected chi connectivity index (χ3v) is 5.88. The van der Waals surface area contributed by atoms with Crippen molar-refractivity contribution in [1.82, 2.24) is 19.7 Å². The lowest BCUT2D eigenvalue weighted by molar-refractivity contribution is -0.132. The summed E-state index contributed by atoms with van der Waals surface area (Å²) >= 11 is 1.66. The Hall–Kier alpha value is -2.25. The Balaban J connectivity index is 1.39. The summed E-state index contributed by atoms with van der Waals surface area (Å²) in [6.07, 6.45) is 1.25. The topological polar surface area (TPSA) is 71.2 Å². The maximum Gasteiger partial charge on any atom is 0.223 e. The Labute approximate surface area is 156 Å². The standard InChI is InChI=1S/C19H22N4O2S/c1-2-16(24)15-11-13-12-22(9-10-23(13)21-15)19(25)8-7-18-20-14-5-3-4-6-17(14)26-18/h3-6,11,16,24H,2,7-10,12H2,1H3/t16-/m0/s1. The zero-order chi connectivity index (χ0) is 18.1. The molecule has 1 aliphatic heterocycles. The second kappa shape index (κ2) is 7.17. The van der Waals surface area contributed by atoms with Crippen LogP contribution in [0.5, 0.6) is 0 Å². The molecule has 1 N–H and O–H groups in total.